The lowest BCUT2D eigenvalue weighted by molar-refractivity contribution is 0.722. The number of benzene rings is 8. The van der Waals surface area contributed by atoms with E-state index in [1.807, 2.05) is 17.8 Å². The number of rotatable bonds is 4. The summed E-state index contributed by atoms with van der Waals surface area (Å²) in [6.45, 7) is 0. The molecule has 0 bridgehead atoms. The third-order valence-corrected chi connectivity index (χ3v) is 12.3. The Labute approximate surface area is 318 Å². The van der Waals surface area contributed by atoms with Gasteiger partial charge < -0.3 is 0 Å². The predicted molar refractivity (Wildman–Crippen MR) is 223 cm³/mol. The first-order valence-corrected chi connectivity index (χ1v) is 19.2. The van der Waals surface area contributed by atoms with E-state index in [1.165, 1.54) is 59.5 Å². The number of hydrogen-bond donors (Lipinski definition) is 0. The third kappa shape index (κ3) is 4.75. The van der Waals surface area contributed by atoms with Gasteiger partial charge >= 0.3 is 0 Å². The van der Waals surface area contributed by atoms with Crippen LogP contribution < -0.4 is 0 Å². The standard InChI is InChI=1S/C51H32N2S/c1-2-14-34(15-3-1)50-52-46(38-18-12-17-36(30-38)37-26-25-33-13-4-5-16-35(33)29-37)32-47(53-50)39-27-28-41-40-19-6-7-20-42(40)51(45(41)31-39)43-21-8-10-23-48(43)54-49-24-11-9-22-44(49)51/h1-32H. The molecule has 0 N–H and O–H groups in total. The minimum absolute atomic E-state index is 0.452. The molecule has 2 nitrogen and oxygen atoms in total. The van der Waals surface area contributed by atoms with E-state index in [2.05, 4.69) is 188 Å². The van der Waals surface area contributed by atoms with Crippen molar-refractivity contribution in [2.45, 2.75) is 15.2 Å². The second kappa shape index (κ2) is 12.3. The molecule has 2 aliphatic rings. The smallest absolute Gasteiger partial charge is 0.160 e. The van der Waals surface area contributed by atoms with Gasteiger partial charge in [-0.2, -0.15) is 0 Å². The number of fused-ring (bicyclic) bond motifs is 10. The van der Waals surface area contributed by atoms with E-state index in [0.29, 0.717) is 5.82 Å². The summed E-state index contributed by atoms with van der Waals surface area (Å²) >= 11 is 1.87. The maximum atomic E-state index is 5.30. The zero-order valence-corrected chi connectivity index (χ0v) is 30.1. The summed E-state index contributed by atoms with van der Waals surface area (Å²) in [6, 6.07) is 70.3. The maximum Gasteiger partial charge on any atom is 0.160 e. The van der Waals surface area contributed by atoms with E-state index in [4.69, 9.17) is 9.97 Å². The van der Waals surface area contributed by atoms with Crippen LogP contribution in [0.2, 0.25) is 0 Å². The Morgan fingerprint density at radius 3 is 1.67 bits per heavy atom. The zero-order chi connectivity index (χ0) is 35.6. The number of aromatic nitrogens is 2. The van der Waals surface area contributed by atoms with E-state index in [1.54, 1.807) is 0 Å². The Balaban J connectivity index is 1.12. The van der Waals surface area contributed by atoms with Crippen LogP contribution in [-0.2, 0) is 5.41 Å². The summed E-state index contributed by atoms with van der Waals surface area (Å²) < 4.78 is 0. The van der Waals surface area contributed by atoms with Gasteiger partial charge in [0.25, 0.3) is 0 Å². The molecule has 11 rings (SSSR count). The van der Waals surface area contributed by atoms with E-state index in [0.717, 1.165) is 33.6 Å². The molecule has 0 radical (unpaired) electrons. The minimum atomic E-state index is -0.452. The molecule has 0 atom stereocenters. The first-order valence-electron chi connectivity index (χ1n) is 18.4. The average Bonchev–Trinajstić information content (AvgIpc) is 3.53. The highest BCUT2D eigenvalue weighted by Crippen LogP contribution is 2.62. The van der Waals surface area contributed by atoms with Gasteiger partial charge in [-0.3, -0.25) is 0 Å². The van der Waals surface area contributed by atoms with Gasteiger partial charge in [0.15, 0.2) is 5.82 Å². The van der Waals surface area contributed by atoms with Crippen molar-refractivity contribution >= 4 is 22.5 Å². The molecule has 0 fully saturated rings. The molecule has 0 saturated carbocycles. The Bertz CT molecular complexity index is 2880. The minimum Gasteiger partial charge on any atom is -0.228 e. The first-order chi connectivity index (χ1) is 26.7. The molecule has 1 spiro atoms. The second-order valence-corrected chi connectivity index (χ2v) is 15.2. The van der Waals surface area contributed by atoms with Crippen LogP contribution >= 0.6 is 11.8 Å². The molecule has 2 heterocycles. The Morgan fingerprint density at radius 1 is 0.333 bits per heavy atom. The Hall–Kier alpha value is -6.55. The molecule has 252 valence electrons. The van der Waals surface area contributed by atoms with Crippen LogP contribution in [0.3, 0.4) is 0 Å². The van der Waals surface area contributed by atoms with Gasteiger partial charge in [0.1, 0.15) is 0 Å². The van der Waals surface area contributed by atoms with E-state index >= 15 is 0 Å². The lowest BCUT2D eigenvalue weighted by atomic mass is 9.67. The van der Waals surface area contributed by atoms with E-state index in [9.17, 15) is 0 Å². The summed E-state index contributed by atoms with van der Waals surface area (Å²) in [4.78, 5) is 13.1. The van der Waals surface area contributed by atoms with Gasteiger partial charge in [0.2, 0.25) is 0 Å². The molecule has 0 amide bonds. The number of hydrogen-bond acceptors (Lipinski definition) is 3. The lowest BCUT2D eigenvalue weighted by Gasteiger charge is -2.39. The highest BCUT2D eigenvalue weighted by atomic mass is 32.2. The Morgan fingerprint density at radius 2 is 0.889 bits per heavy atom. The summed E-state index contributed by atoms with van der Waals surface area (Å²) in [6.07, 6.45) is 0. The van der Waals surface area contributed by atoms with E-state index < -0.39 is 5.41 Å². The van der Waals surface area contributed by atoms with Crippen molar-refractivity contribution in [2.24, 2.45) is 0 Å². The van der Waals surface area contributed by atoms with Crippen LogP contribution in [0, 0.1) is 0 Å². The van der Waals surface area contributed by atoms with Crippen molar-refractivity contribution in [3.8, 4) is 56.2 Å². The molecule has 8 aromatic carbocycles. The van der Waals surface area contributed by atoms with Gasteiger partial charge in [-0.15, -0.1) is 0 Å². The van der Waals surface area contributed by atoms with Crippen molar-refractivity contribution in [3.05, 3.63) is 216 Å². The van der Waals surface area contributed by atoms with Gasteiger partial charge in [0.05, 0.1) is 16.8 Å². The lowest BCUT2D eigenvalue weighted by Crippen LogP contribution is -2.31. The predicted octanol–water partition coefficient (Wildman–Crippen LogP) is 13.1. The topological polar surface area (TPSA) is 25.8 Å². The highest BCUT2D eigenvalue weighted by molar-refractivity contribution is 7.99. The summed E-state index contributed by atoms with van der Waals surface area (Å²) in [5, 5.41) is 2.47. The molecule has 1 aliphatic carbocycles. The fourth-order valence-electron chi connectivity index (χ4n) is 8.70. The molecule has 9 aromatic rings. The molecular formula is C51H32N2S. The highest BCUT2D eigenvalue weighted by Gasteiger charge is 2.50. The molecule has 1 aliphatic heterocycles. The molecule has 1 aromatic heterocycles. The Kier molecular flexibility index (Phi) is 7.05. The van der Waals surface area contributed by atoms with Gasteiger partial charge in [0, 0.05) is 26.5 Å². The molecule has 0 saturated heterocycles. The van der Waals surface area contributed by atoms with Crippen molar-refractivity contribution < 1.29 is 0 Å². The molecule has 3 heteroatoms. The van der Waals surface area contributed by atoms with Crippen molar-refractivity contribution in [1.82, 2.24) is 9.97 Å². The average molecular weight is 705 g/mol. The maximum absolute atomic E-state index is 5.30. The molecule has 0 unspecified atom stereocenters. The zero-order valence-electron chi connectivity index (χ0n) is 29.3. The van der Waals surface area contributed by atoms with Crippen molar-refractivity contribution in [3.63, 3.8) is 0 Å². The fourth-order valence-corrected chi connectivity index (χ4v) is 9.89. The van der Waals surface area contributed by atoms with Crippen molar-refractivity contribution in [2.75, 3.05) is 0 Å². The fraction of sp³-hybridized carbons (Fsp3) is 0.0196. The van der Waals surface area contributed by atoms with Crippen LogP contribution in [0.25, 0.3) is 66.9 Å². The number of nitrogens with zero attached hydrogens (tertiary/aromatic N) is 2. The summed E-state index contributed by atoms with van der Waals surface area (Å²) in [5.41, 5.74) is 14.6. The van der Waals surface area contributed by atoms with E-state index in [-0.39, 0.29) is 0 Å². The summed E-state index contributed by atoms with van der Waals surface area (Å²) in [7, 11) is 0. The van der Waals surface area contributed by atoms with Crippen LogP contribution in [-0.4, -0.2) is 9.97 Å². The SMILES string of the molecule is c1ccc(-c2nc(-c3cccc(-c4ccc5ccccc5c4)c3)cc(-c3ccc4c(c3)C3(c5ccccc5Sc5ccccc53)c3ccccc3-4)n2)cc1. The van der Waals surface area contributed by atoms with Crippen molar-refractivity contribution in [1.29, 1.82) is 0 Å². The largest absolute Gasteiger partial charge is 0.228 e. The first kappa shape index (κ1) is 31.0. The van der Waals surface area contributed by atoms with Crippen LogP contribution in [0.1, 0.15) is 22.3 Å². The third-order valence-electron chi connectivity index (χ3n) is 11.1. The van der Waals surface area contributed by atoms with Crippen LogP contribution in [0.5, 0.6) is 0 Å². The quantitative estimate of drug-likeness (QED) is 0.182. The van der Waals surface area contributed by atoms with Crippen LogP contribution in [0.15, 0.2) is 204 Å². The normalized spacial score (nSPS) is 13.3. The summed E-state index contributed by atoms with van der Waals surface area (Å²) in [5.74, 6) is 0.711. The monoisotopic (exact) mass is 704 g/mol. The second-order valence-electron chi connectivity index (χ2n) is 14.1. The van der Waals surface area contributed by atoms with Gasteiger partial charge in [-0.05, 0) is 91.7 Å². The van der Waals surface area contributed by atoms with Crippen LogP contribution in [0.4, 0.5) is 0 Å². The van der Waals surface area contributed by atoms with Gasteiger partial charge in [-0.1, -0.05) is 169 Å². The molecular weight excluding hydrogens is 673 g/mol. The molecule has 54 heavy (non-hydrogen) atoms. The van der Waals surface area contributed by atoms with Gasteiger partial charge in [-0.25, -0.2) is 9.97 Å².